The Bertz CT molecular complexity index is 336. The number of oxime groups is 1. The van der Waals surface area contributed by atoms with E-state index < -0.39 is 11.6 Å². The van der Waals surface area contributed by atoms with Crippen LogP contribution in [0.3, 0.4) is 0 Å². The van der Waals surface area contributed by atoms with Gasteiger partial charge in [-0.1, -0.05) is 11.2 Å². The lowest BCUT2D eigenvalue weighted by molar-refractivity contribution is 0.317. The van der Waals surface area contributed by atoms with E-state index in [2.05, 4.69) is 5.16 Å². The summed E-state index contributed by atoms with van der Waals surface area (Å²) in [6, 6.07) is 3.59. The Kier molecular flexibility index (Phi) is 2.95. The van der Waals surface area contributed by atoms with Crippen molar-refractivity contribution in [1.29, 1.82) is 0 Å². The van der Waals surface area contributed by atoms with E-state index in [0.29, 0.717) is 17.7 Å². The van der Waals surface area contributed by atoms with Crippen LogP contribution < -0.4 is 0 Å². The second kappa shape index (κ2) is 3.98. The number of hydrogen-bond acceptors (Lipinski definition) is 2. The van der Waals surface area contributed by atoms with E-state index in [1.165, 1.54) is 6.07 Å². The van der Waals surface area contributed by atoms with E-state index in [-0.39, 0.29) is 0 Å². The van der Waals surface area contributed by atoms with Crippen LogP contribution in [0.2, 0.25) is 0 Å². The van der Waals surface area contributed by atoms with Gasteiger partial charge in [0.25, 0.3) is 0 Å². The van der Waals surface area contributed by atoms with Crippen molar-refractivity contribution in [3.05, 3.63) is 35.4 Å². The third-order valence-corrected chi connectivity index (χ3v) is 1.61. The lowest BCUT2D eigenvalue weighted by atomic mass is 10.1. The Labute approximate surface area is 74.5 Å². The molecule has 1 N–H and O–H groups in total. The molecule has 0 bridgehead atoms. The van der Waals surface area contributed by atoms with Gasteiger partial charge < -0.3 is 5.21 Å². The molecule has 1 rings (SSSR count). The van der Waals surface area contributed by atoms with Crippen molar-refractivity contribution in [3.63, 3.8) is 0 Å². The minimum atomic E-state index is -0.886. The van der Waals surface area contributed by atoms with Crippen molar-refractivity contribution in [3.8, 4) is 0 Å². The zero-order valence-corrected chi connectivity index (χ0v) is 7.09. The van der Waals surface area contributed by atoms with Crippen LogP contribution in [0.4, 0.5) is 8.78 Å². The molecular weight excluding hydrogens is 176 g/mol. The van der Waals surface area contributed by atoms with Crippen molar-refractivity contribution >= 4 is 5.71 Å². The van der Waals surface area contributed by atoms with Crippen molar-refractivity contribution < 1.29 is 14.0 Å². The van der Waals surface area contributed by atoms with Crippen molar-refractivity contribution in [2.24, 2.45) is 5.16 Å². The average molecular weight is 185 g/mol. The fourth-order valence-corrected chi connectivity index (χ4v) is 0.980. The lowest BCUT2D eigenvalue weighted by Crippen LogP contribution is -1.98. The van der Waals surface area contributed by atoms with E-state index in [9.17, 15) is 8.78 Å². The molecule has 70 valence electrons. The third kappa shape index (κ3) is 2.50. The third-order valence-electron chi connectivity index (χ3n) is 1.61. The van der Waals surface area contributed by atoms with E-state index in [4.69, 9.17) is 5.21 Å². The summed E-state index contributed by atoms with van der Waals surface area (Å²) in [5.41, 5.74) is 1.03. The van der Waals surface area contributed by atoms with Crippen LogP contribution in [0.25, 0.3) is 0 Å². The molecular formula is C9H9F2NO. The minimum absolute atomic E-state index is 0.313. The highest BCUT2D eigenvalue weighted by Crippen LogP contribution is 2.09. The first-order valence-corrected chi connectivity index (χ1v) is 3.75. The molecule has 0 heterocycles. The van der Waals surface area contributed by atoms with Crippen LogP contribution in [0.5, 0.6) is 0 Å². The summed E-state index contributed by atoms with van der Waals surface area (Å²) in [7, 11) is 0. The Balaban J connectivity index is 2.86. The lowest BCUT2D eigenvalue weighted by Gasteiger charge is -1.99. The highest BCUT2D eigenvalue weighted by Gasteiger charge is 2.03. The molecule has 0 saturated carbocycles. The first-order chi connectivity index (χ1) is 6.13. The molecule has 13 heavy (non-hydrogen) atoms. The standard InChI is InChI=1S/C9H9F2NO/c1-6(12-13)4-7-2-3-8(10)9(11)5-7/h2-3,5,13H,4H2,1H3/b12-6+. The van der Waals surface area contributed by atoms with Gasteiger partial charge in [0.2, 0.25) is 0 Å². The molecule has 0 radical (unpaired) electrons. The van der Waals surface area contributed by atoms with Crippen LogP contribution in [0.1, 0.15) is 12.5 Å². The minimum Gasteiger partial charge on any atom is -0.411 e. The predicted octanol–water partition coefficient (Wildman–Crippen LogP) is 2.36. The van der Waals surface area contributed by atoms with Crippen LogP contribution >= 0.6 is 0 Å². The van der Waals surface area contributed by atoms with Gasteiger partial charge in [0.05, 0.1) is 5.71 Å². The van der Waals surface area contributed by atoms with Gasteiger partial charge in [0.1, 0.15) is 0 Å². The molecule has 0 aromatic heterocycles. The highest BCUT2D eigenvalue weighted by atomic mass is 19.2. The fraction of sp³-hybridized carbons (Fsp3) is 0.222. The van der Waals surface area contributed by atoms with Crippen molar-refractivity contribution in [2.75, 3.05) is 0 Å². The van der Waals surface area contributed by atoms with Gasteiger partial charge in [-0.15, -0.1) is 0 Å². The summed E-state index contributed by atoms with van der Waals surface area (Å²) >= 11 is 0. The largest absolute Gasteiger partial charge is 0.411 e. The van der Waals surface area contributed by atoms with E-state index in [1.807, 2.05) is 0 Å². The monoisotopic (exact) mass is 185 g/mol. The van der Waals surface area contributed by atoms with Crippen molar-refractivity contribution in [2.45, 2.75) is 13.3 Å². The Morgan fingerprint density at radius 1 is 1.38 bits per heavy atom. The Morgan fingerprint density at radius 3 is 2.62 bits per heavy atom. The molecule has 2 nitrogen and oxygen atoms in total. The van der Waals surface area contributed by atoms with Crippen molar-refractivity contribution in [1.82, 2.24) is 0 Å². The number of rotatable bonds is 2. The van der Waals surface area contributed by atoms with Crippen LogP contribution in [-0.4, -0.2) is 10.9 Å². The first kappa shape index (κ1) is 9.64. The van der Waals surface area contributed by atoms with Crippen LogP contribution in [0, 0.1) is 11.6 Å². The summed E-state index contributed by atoms with van der Waals surface area (Å²) in [5.74, 6) is -1.76. The maximum absolute atomic E-state index is 12.7. The Hall–Kier alpha value is -1.45. The topological polar surface area (TPSA) is 32.6 Å². The maximum atomic E-state index is 12.7. The molecule has 0 aliphatic heterocycles. The van der Waals surface area contributed by atoms with Gasteiger partial charge in [-0.3, -0.25) is 0 Å². The summed E-state index contributed by atoms with van der Waals surface area (Å²) in [5, 5.41) is 11.3. The molecule has 0 fully saturated rings. The number of halogens is 2. The van der Waals surface area contributed by atoms with Gasteiger partial charge in [-0.25, -0.2) is 8.78 Å². The van der Waals surface area contributed by atoms with E-state index in [1.54, 1.807) is 6.92 Å². The zero-order chi connectivity index (χ0) is 9.84. The normalized spacial score (nSPS) is 11.8. The van der Waals surface area contributed by atoms with Gasteiger partial charge in [-0.2, -0.15) is 0 Å². The zero-order valence-electron chi connectivity index (χ0n) is 7.09. The van der Waals surface area contributed by atoms with Gasteiger partial charge in [0.15, 0.2) is 11.6 Å². The molecule has 4 heteroatoms. The quantitative estimate of drug-likeness (QED) is 0.428. The molecule has 0 amide bonds. The number of benzene rings is 1. The maximum Gasteiger partial charge on any atom is 0.159 e. The molecule has 0 atom stereocenters. The smallest absolute Gasteiger partial charge is 0.159 e. The summed E-state index contributed by atoms with van der Waals surface area (Å²) < 4.78 is 25.1. The van der Waals surface area contributed by atoms with Crippen LogP contribution in [-0.2, 0) is 6.42 Å². The fourth-order valence-electron chi connectivity index (χ4n) is 0.980. The van der Waals surface area contributed by atoms with Gasteiger partial charge in [-0.05, 0) is 24.6 Å². The van der Waals surface area contributed by atoms with E-state index >= 15 is 0 Å². The van der Waals surface area contributed by atoms with E-state index in [0.717, 1.165) is 12.1 Å². The second-order valence-corrected chi connectivity index (χ2v) is 2.76. The summed E-state index contributed by atoms with van der Waals surface area (Å²) in [6.45, 7) is 1.60. The molecule has 0 aliphatic carbocycles. The number of hydrogen-bond donors (Lipinski definition) is 1. The second-order valence-electron chi connectivity index (χ2n) is 2.76. The summed E-state index contributed by atoms with van der Waals surface area (Å²) in [6.07, 6.45) is 0.313. The molecule has 0 unspecified atom stereocenters. The SMILES string of the molecule is C/C(Cc1ccc(F)c(F)c1)=N\O. The summed E-state index contributed by atoms with van der Waals surface area (Å²) in [4.78, 5) is 0. The molecule has 1 aromatic carbocycles. The molecule has 0 aliphatic rings. The van der Waals surface area contributed by atoms with Gasteiger partial charge in [0, 0.05) is 6.42 Å². The van der Waals surface area contributed by atoms with Gasteiger partial charge >= 0.3 is 0 Å². The molecule has 0 spiro atoms. The highest BCUT2D eigenvalue weighted by molar-refractivity contribution is 5.83. The predicted molar refractivity (Wildman–Crippen MR) is 45.0 cm³/mol. The number of nitrogens with zero attached hydrogens (tertiary/aromatic N) is 1. The molecule has 1 aromatic rings. The Morgan fingerprint density at radius 2 is 2.08 bits per heavy atom. The average Bonchev–Trinajstić information content (AvgIpc) is 2.11. The van der Waals surface area contributed by atoms with Crippen LogP contribution in [0.15, 0.2) is 23.4 Å². The molecule has 0 saturated heterocycles. The first-order valence-electron chi connectivity index (χ1n) is 3.75.